The topological polar surface area (TPSA) is 73.2 Å². The van der Waals surface area contributed by atoms with Crippen molar-refractivity contribution in [2.45, 2.75) is 70.9 Å². The molecule has 1 aliphatic carbocycles. The Morgan fingerprint density at radius 1 is 1.33 bits per heavy atom. The van der Waals surface area contributed by atoms with Gasteiger partial charge in [0.1, 0.15) is 5.82 Å². The molecule has 2 rings (SSSR count). The van der Waals surface area contributed by atoms with Gasteiger partial charge in [-0.1, -0.05) is 33.1 Å². The SMILES string of the molecule is COC(=O)[C@H]1CCCCC[C@H]1NC(=O)CCn1ccnc1C(C)C. The molecule has 1 saturated carbocycles. The zero-order chi connectivity index (χ0) is 17.5. The zero-order valence-corrected chi connectivity index (χ0v) is 15.0. The van der Waals surface area contributed by atoms with Gasteiger partial charge in [-0.3, -0.25) is 9.59 Å². The highest BCUT2D eigenvalue weighted by molar-refractivity contribution is 5.78. The number of amides is 1. The minimum atomic E-state index is -0.221. The van der Waals surface area contributed by atoms with Gasteiger partial charge in [0.05, 0.1) is 13.0 Å². The molecule has 6 nitrogen and oxygen atoms in total. The fourth-order valence-electron chi connectivity index (χ4n) is 3.43. The average molecular weight is 335 g/mol. The minimum Gasteiger partial charge on any atom is -0.469 e. The first-order valence-corrected chi connectivity index (χ1v) is 8.91. The van der Waals surface area contributed by atoms with Gasteiger partial charge in [0.15, 0.2) is 0 Å². The predicted molar refractivity (Wildman–Crippen MR) is 91.5 cm³/mol. The van der Waals surface area contributed by atoms with E-state index in [0.717, 1.165) is 37.9 Å². The summed E-state index contributed by atoms with van der Waals surface area (Å²) in [7, 11) is 1.42. The number of aryl methyl sites for hydroxylation is 1. The van der Waals surface area contributed by atoms with Crippen LogP contribution in [-0.4, -0.2) is 34.6 Å². The molecular formula is C18H29N3O3. The number of rotatable bonds is 6. The number of hydrogen-bond acceptors (Lipinski definition) is 4. The Hall–Kier alpha value is -1.85. The highest BCUT2D eigenvalue weighted by atomic mass is 16.5. The third kappa shape index (κ3) is 4.82. The van der Waals surface area contributed by atoms with Gasteiger partial charge < -0.3 is 14.6 Å². The van der Waals surface area contributed by atoms with E-state index in [1.807, 2.05) is 10.8 Å². The van der Waals surface area contributed by atoms with Crippen LogP contribution in [-0.2, 0) is 20.9 Å². The van der Waals surface area contributed by atoms with Crippen LogP contribution in [0.3, 0.4) is 0 Å². The summed E-state index contributed by atoms with van der Waals surface area (Å²) < 4.78 is 6.94. The van der Waals surface area contributed by atoms with Crippen molar-refractivity contribution in [1.82, 2.24) is 14.9 Å². The molecule has 6 heteroatoms. The summed E-state index contributed by atoms with van der Waals surface area (Å²) in [5, 5.41) is 3.06. The lowest BCUT2D eigenvalue weighted by Crippen LogP contribution is -2.43. The number of carbonyl (C=O) groups is 2. The number of nitrogens with zero attached hydrogens (tertiary/aromatic N) is 2. The van der Waals surface area contributed by atoms with Crippen LogP contribution >= 0.6 is 0 Å². The summed E-state index contributed by atoms with van der Waals surface area (Å²) in [6, 6.07) is -0.111. The fraction of sp³-hybridized carbons (Fsp3) is 0.722. The Labute approximate surface area is 144 Å². The lowest BCUT2D eigenvalue weighted by Gasteiger charge is -2.24. The molecule has 134 valence electrons. The maximum atomic E-state index is 12.4. The van der Waals surface area contributed by atoms with Gasteiger partial charge in [-0.2, -0.15) is 0 Å². The van der Waals surface area contributed by atoms with E-state index in [0.29, 0.717) is 18.9 Å². The molecule has 0 unspecified atom stereocenters. The Kier molecular flexibility index (Phi) is 6.82. The van der Waals surface area contributed by atoms with Crippen molar-refractivity contribution < 1.29 is 14.3 Å². The first-order chi connectivity index (χ1) is 11.5. The van der Waals surface area contributed by atoms with E-state index in [9.17, 15) is 9.59 Å². The molecule has 2 atom stereocenters. The van der Waals surface area contributed by atoms with Crippen LogP contribution in [0.2, 0.25) is 0 Å². The lowest BCUT2D eigenvalue weighted by atomic mass is 9.94. The van der Waals surface area contributed by atoms with Crippen LogP contribution in [0.15, 0.2) is 12.4 Å². The highest BCUT2D eigenvalue weighted by Gasteiger charge is 2.31. The zero-order valence-electron chi connectivity index (χ0n) is 15.0. The molecule has 1 heterocycles. The molecule has 0 aliphatic heterocycles. The molecule has 1 N–H and O–H groups in total. The molecule has 1 aromatic heterocycles. The van der Waals surface area contributed by atoms with Crippen LogP contribution in [0.4, 0.5) is 0 Å². The van der Waals surface area contributed by atoms with E-state index in [2.05, 4.69) is 24.1 Å². The maximum Gasteiger partial charge on any atom is 0.310 e. The molecule has 1 fully saturated rings. The second-order valence-electron chi connectivity index (χ2n) is 6.83. The van der Waals surface area contributed by atoms with Crippen LogP contribution < -0.4 is 5.32 Å². The minimum absolute atomic E-state index is 0.0146. The van der Waals surface area contributed by atoms with Gasteiger partial charge in [0.25, 0.3) is 0 Å². The number of methoxy groups -OCH3 is 1. The van der Waals surface area contributed by atoms with Crippen molar-refractivity contribution in [2.24, 2.45) is 5.92 Å². The Morgan fingerprint density at radius 2 is 2.08 bits per heavy atom. The van der Waals surface area contributed by atoms with E-state index in [-0.39, 0.29) is 23.8 Å². The molecule has 0 saturated heterocycles. The summed E-state index contributed by atoms with van der Waals surface area (Å²) in [5.74, 6) is 0.873. The van der Waals surface area contributed by atoms with Crippen molar-refractivity contribution in [3.05, 3.63) is 18.2 Å². The lowest BCUT2D eigenvalue weighted by molar-refractivity contribution is -0.147. The van der Waals surface area contributed by atoms with Crippen molar-refractivity contribution >= 4 is 11.9 Å². The van der Waals surface area contributed by atoms with E-state index in [1.165, 1.54) is 7.11 Å². The van der Waals surface area contributed by atoms with Gasteiger partial charge in [-0.25, -0.2) is 4.98 Å². The van der Waals surface area contributed by atoms with Crippen molar-refractivity contribution in [1.29, 1.82) is 0 Å². The van der Waals surface area contributed by atoms with Gasteiger partial charge in [-0.15, -0.1) is 0 Å². The molecule has 0 aromatic carbocycles. The molecular weight excluding hydrogens is 306 g/mol. The Morgan fingerprint density at radius 3 is 2.79 bits per heavy atom. The second-order valence-corrected chi connectivity index (χ2v) is 6.83. The van der Waals surface area contributed by atoms with Crippen LogP contribution in [0.25, 0.3) is 0 Å². The number of carbonyl (C=O) groups excluding carboxylic acids is 2. The molecule has 1 aromatic rings. The van der Waals surface area contributed by atoms with Gasteiger partial charge in [-0.05, 0) is 12.8 Å². The van der Waals surface area contributed by atoms with Crippen LogP contribution in [0.1, 0.15) is 64.1 Å². The quantitative estimate of drug-likeness (QED) is 0.641. The molecule has 0 bridgehead atoms. The van der Waals surface area contributed by atoms with E-state index in [4.69, 9.17) is 4.74 Å². The van der Waals surface area contributed by atoms with Crippen molar-refractivity contribution in [3.63, 3.8) is 0 Å². The average Bonchev–Trinajstić information content (AvgIpc) is 2.92. The number of imidazole rings is 1. The normalized spacial score (nSPS) is 21.3. The van der Waals surface area contributed by atoms with Crippen molar-refractivity contribution in [3.8, 4) is 0 Å². The first-order valence-electron chi connectivity index (χ1n) is 8.91. The van der Waals surface area contributed by atoms with Gasteiger partial charge >= 0.3 is 5.97 Å². The summed E-state index contributed by atoms with van der Waals surface area (Å²) in [5.41, 5.74) is 0. The third-order valence-electron chi connectivity index (χ3n) is 4.71. The molecule has 1 amide bonds. The Bertz CT molecular complexity index is 553. The molecule has 24 heavy (non-hydrogen) atoms. The first kappa shape index (κ1) is 18.5. The predicted octanol–water partition coefficient (Wildman–Crippen LogP) is 2.63. The summed E-state index contributed by atoms with van der Waals surface area (Å²) >= 11 is 0. The monoisotopic (exact) mass is 335 g/mol. The largest absolute Gasteiger partial charge is 0.469 e. The summed E-state index contributed by atoms with van der Waals surface area (Å²) in [4.78, 5) is 28.7. The number of esters is 1. The number of hydrogen-bond donors (Lipinski definition) is 1. The smallest absolute Gasteiger partial charge is 0.310 e. The molecule has 0 spiro atoms. The second kappa shape index (κ2) is 8.85. The molecule has 0 radical (unpaired) electrons. The van der Waals surface area contributed by atoms with E-state index in [1.54, 1.807) is 6.20 Å². The maximum absolute atomic E-state index is 12.4. The third-order valence-corrected chi connectivity index (χ3v) is 4.71. The van der Waals surface area contributed by atoms with Gasteiger partial charge in [0.2, 0.25) is 5.91 Å². The Balaban J connectivity index is 1.91. The van der Waals surface area contributed by atoms with E-state index < -0.39 is 0 Å². The fourth-order valence-corrected chi connectivity index (χ4v) is 3.43. The van der Waals surface area contributed by atoms with Gasteiger partial charge in [0, 0.05) is 37.3 Å². The number of aromatic nitrogens is 2. The highest BCUT2D eigenvalue weighted by Crippen LogP contribution is 2.24. The summed E-state index contributed by atoms with van der Waals surface area (Å²) in [6.45, 7) is 4.78. The summed E-state index contributed by atoms with van der Waals surface area (Å²) in [6.07, 6.45) is 8.85. The standard InChI is InChI=1S/C18H29N3O3/c1-13(2)17-19-10-12-21(17)11-9-16(22)20-15-8-6-4-5-7-14(15)18(23)24-3/h10,12-15H,4-9,11H2,1-3H3,(H,20,22)/t14-,15+/m0/s1. The molecule has 1 aliphatic rings. The number of ether oxygens (including phenoxy) is 1. The van der Waals surface area contributed by atoms with Crippen molar-refractivity contribution in [2.75, 3.05) is 7.11 Å². The van der Waals surface area contributed by atoms with Crippen LogP contribution in [0, 0.1) is 5.92 Å². The van der Waals surface area contributed by atoms with E-state index >= 15 is 0 Å². The van der Waals surface area contributed by atoms with Crippen LogP contribution in [0.5, 0.6) is 0 Å². The number of nitrogens with one attached hydrogen (secondary N) is 1.